The van der Waals surface area contributed by atoms with Gasteiger partial charge in [0.25, 0.3) is 0 Å². The number of pyridine rings is 1. The van der Waals surface area contributed by atoms with Crippen molar-refractivity contribution in [2.24, 2.45) is 0 Å². The van der Waals surface area contributed by atoms with Gasteiger partial charge in [-0.15, -0.1) is 24.8 Å². The van der Waals surface area contributed by atoms with E-state index >= 15 is 0 Å². The van der Waals surface area contributed by atoms with Crippen LogP contribution in [-0.2, 0) is 11.3 Å². The molecule has 1 unspecified atom stereocenters. The predicted molar refractivity (Wildman–Crippen MR) is 89.5 cm³/mol. The molecule has 126 valence electrons. The van der Waals surface area contributed by atoms with Gasteiger partial charge in [0, 0.05) is 18.0 Å². The number of hydrogen-bond donors (Lipinski definition) is 2. The largest absolute Gasteiger partial charge is 0.345 e. The second-order valence-electron chi connectivity index (χ2n) is 5.29. The maximum Gasteiger partial charge on any atom is 0.246 e. The molecule has 0 aliphatic carbocycles. The van der Waals surface area contributed by atoms with E-state index in [-0.39, 0.29) is 37.3 Å². The number of carbonyl (C=O) groups excluding carboxylic acids is 1. The Hall–Kier alpha value is -1.70. The second kappa shape index (κ2) is 8.24. The first-order valence-corrected chi connectivity index (χ1v) is 6.94. The van der Waals surface area contributed by atoms with Crippen LogP contribution in [0.1, 0.15) is 25.7 Å². The van der Waals surface area contributed by atoms with E-state index in [1.165, 1.54) is 0 Å². The Morgan fingerprint density at radius 1 is 1.39 bits per heavy atom. The van der Waals surface area contributed by atoms with E-state index in [0.717, 1.165) is 24.9 Å². The van der Waals surface area contributed by atoms with Gasteiger partial charge in [0.05, 0.1) is 12.1 Å². The minimum absolute atomic E-state index is 0. The first-order valence-electron chi connectivity index (χ1n) is 6.94. The zero-order valence-corrected chi connectivity index (χ0v) is 14.2. The van der Waals surface area contributed by atoms with Gasteiger partial charge in [0.15, 0.2) is 0 Å². The Morgan fingerprint density at radius 2 is 2.13 bits per heavy atom. The molecule has 2 N–H and O–H groups in total. The summed E-state index contributed by atoms with van der Waals surface area (Å²) in [4.78, 5) is 20.3. The van der Waals surface area contributed by atoms with Crippen LogP contribution >= 0.6 is 24.8 Å². The van der Waals surface area contributed by atoms with Gasteiger partial charge in [-0.1, -0.05) is 5.16 Å². The highest BCUT2D eigenvalue weighted by Crippen LogP contribution is 2.19. The summed E-state index contributed by atoms with van der Waals surface area (Å²) < 4.78 is 5.15. The fourth-order valence-corrected chi connectivity index (χ4v) is 2.38. The molecule has 0 aromatic carbocycles. The van der Waals surface area contributed by atoms with Crippen LogP contribution in [0.25, 0.3) is 11.4 Å². The summed E-state index contributed by atoms with van der Waals surface area (Å²) >= 11 is 0. The highest BCUT2D eigenvalue weighted by atomic mass is 35.5. The van der Waals surface area contributed by atoms with Gasteiger partial charge >= 0.3 is 0 Å². The van der Waals surface area contributed by atoms with Gasteiger partial charge in [-0.05, 0) is 38.4 Å². The van der Waals surface area contributed by atoms with E-state index < -0.39 is 5.54 Å². The van der Waals surface area contributed by atoms with Crippen molar-refractivity contribution in [3.05, 3.63) is 30.4 Å². The van der Waals surface area contributed by atoms with Gasteiger partial charge < -0.3 is 15.2 Å². The third-order valence-corrected chi connectivity index (χ3v) is 3.68. The third-order valence-electron chi connectivity index (χ3n) is 3.68. The molecule has 0 saturated carbocycles. The third kappa shape index (κ3) is 4.40. The molecule has 1 amide bonds. The number of rotatable bonds is 4. The first kappa shape index (κ1) is 19.3. The van der Waals surface area contributed by atoms with Crippen LogP contribution in [-0.4, -0.2) is 33.1 Å². The lowest BCUT2D eigenvalue weighted by molar-refractivity contribution is -0.126. The normalized spacial score (nSPS) is 19.5. The molecule has 2 aromatic rings. The minimum Gasteiger partial charge on any atom is -0.345 e. The van der Waals surface area contributed by atoms with Crippen molar-refractivity contribution in [3.8, 4) is 11.4 Å². The number of hydrogen-bond acceptors (Lipinski definition) is 6. The molecule has 1 aliphatic rings. The first-order chi connectivity index (χ1) is 10.2. The van der Waals surface area contributed by atoms with E-state index in [1.807, 2.05) is 6.92 Å². The molecule has 1 atom stereocenters. The molecule has 1 fully saturated rings. The minimum atomic E-state index is -0.492. The zero-order valence-electron chi connectivity index (χ0n) is 12.6. The molecule has 2 aromatic heterocycles. The molecule has 1 aliphatic heterocycles. The molecule has 9 heteroatoms. The average Bonchev–Trinajstić information content (AvgIpc) is 3.15. The van der Waals surface area contributed by atoms with Gasteiger partial charge in [0.2, 0.25) is 17.6 Å². The lowest BCUT2D eigenvalue weighted by atomic mass is 9.99. The molecular weight excluding hydrogens is 341 g/mol. The van der Waals surface area contributed by atoms with Crippen LogP contribution < -0.4 is 10.6 Å². The second-order valence-corrected chi connectivity index (χ2v) is 5.29. The van der Waals surface area contributed by atoms with Gasteiger partial charge in [-0.25, -0.2) is 0 Å². The number of aromatic nitrogens is 3. The fraction of sp³-hybridized carbons (Fsp3) is 0.429. The number of nitrogens with zero attached hydrogens (tertiary/aromatic N) is 3. The molecular formula is C14H19Cl2N5O2. The summed E-state index contributed by atoms with van der Waals surface area (Å²) in [7, 11) is 0. The van der Waals surface area contributed by atoms with Crippen molar-refractivity contribution >= 4 is 30.7 Å². The molecule has 3 rings (SSSR count). The summed E-state index contributed by atoms with van der Waals surface area (Å²) in [5, 5.41) is 9.95. The van der Waals surface area contributed by atoms with Gasteiger partial charge in [0.1, 0.15) is 0 Å². The van der Waals surface area contributed by atoms with E-state index in [9.17, 15) is 4.79 Å². The Balaban J connectivity index is 0.00000132. The summed E-state index contributed by atoms with van der Waals surface area (Å²) in [6.07, 6.45) is 5.18. The Labute approximate surface area is 146 Å². The number of nitrogens with one attached hydrogen (secondary N) is 2. The van der Waals surface area contributed by atoms with Gasteiger partial charge in [-0.2, -0.15) is 4.98 Å². The van der Waals surface area contributed by atoms with Crippen molar-refractivity contribution in [1.29, 1.82) is 0 Å². The molecule has 0 radical (unpaired) electrons. The predicted octanol–water partition coefficient (Wildman–Crippen LogP) is 1.73. The van der Waals surface area contributed by atoms with E-state index in [2.05, 4.69) is 25.8 Å². The summed E-state index contributed by atoms with van der Waals surface area (Å²) in [5.41, 5.74) is 0.337. The van der Waals surface area contributed by atoms with Crippen LogP contribution in [0, 0.1) is 0 Å². The van der Waals surface area contributed by atoms with Crippen LogP contribution in [0.3, 0.4) is 0 Å². The summed E-state index contributed by atoms with van der Waals surface area (Å²) in [5.74, 6) is 0.840. The fourth-order valence-electron chi connectivity index (χ4n) is 2.38. The number of halogens is 2. The lowest BCUT2D eigenvalue weighted by Gasteiger charge is -2.22. The van der Waals surface area contributed by atoms with E-state index in [1.54, 1.807) is 24.5 Å². The maximum absolute atomic E-state index is 12.1. The van der Waals surface area contributed by atoms with Gasteiger partial charge in [-0.3, -0.25) is 9.78 Å². The smallest absolute Gasteiger partial charge is 0.246 e. The van der Waals surface area contributed by atoms with E-state index in [0.29, 0.717) is 11.7 Å². The maximum atomic E-state index is 12.1. The average molecular weight is 360 g/mol. The van der Waals surface area contributed by atoms with Crippen molar-refractivity contribution in [3.63, 3.8) is 0 Å². The Morgan fingerprint density at radius 3 is 2.78 bits per heavy atom. The topological polar surface area (TPSA) is 92.9 Å². The van der Waals surface area contributed by atoms with Crippen molar-refractivity contribution in [2.75, 3.05) is 6.54 Å². The van der Waals surface area contributed by atoms with Crippen LogP contribution in [0.5, 0.6) is 0 Å². The highest BCUT2D eigenvalue weighted by Gasteiger charge is 2.35. The standard InChI is InChI=1S/C14H17N5O2.2ClH/c1-14(5-2-6-17-14)13(20)16-9-11-18-12(19-21-11)10-3-7-15-8-4-10;;/h3-4,7-8,17H,2,5-6,9H2,1H3,(H,16,20);2*1H. The Kier molecular flexibility index (Phi) is 6.93. The monoisotopic (exact) mass is 359 g/mol. The zero-order chi connectivity index (χ0) is 14.7. The summed E-state index contributed by atoms with van der Waals surface area (Å²) in [6, 6.07) is 3.60. The molecule has 3 heterocycles. The SMILES string of the molecule is CC1(C(=O)NCc2nc(-c3ccncc3)no2)CCCN1.Cl.Cl. The quantitative estimate of drug-likeness (QED) is 0.863. The van der Waals surface area contributed by atoms with E-state index in [4.69, 9.17) is 4.52 Å². The van der Waals surface area contributed by atoms with Crippen molar-refractivity contribution in [1.82, 2.24) is 25.8 Å². The van der Waals surface area contributed by atoms with Crippen molar-refractivity contribution < 1.29 is 9.32 Å². The Bertz CT molecular complexity index is 629. The highest BCUT2D eigenvalue weighted by molar-refractivity contribution is 5.86. The lowest BCUT2D eigenvalue weighted by Crippen LogP contribution is -2.50. The number of amides is 1. The molecule has 7 nitrogen and oxygen atoms in total. The van der Waals surface area contributed by atoms with Crippen LogP contribution in [0.15, 0.2) is 29.0 Å². The number of carbonyl (C=O) groups is 1. The molecule has 23 heavy (non-hydrogen) atoms. The molecule has 1 saturated heterocycles. The molecule has 0 spiro atoms. The van der Waals surface area contributed by atoms with Crippen LogP contribution in [0.2, 0.25) is 0 Å². The van der Waals surface area contributed by atoms with Crippen LogP contribution in [0.4, 0.5) is 0 Å². The summed E-state index contributed by atoms with van der Waals surface area (Å²) in [6.45, 7) is 3.01. The van der Waals surface area contributed by atoms with Crippen molar-refractivity contribution in [2.45, 2.75) is 31.8 Å². The molecule has 0 bridgehead atoms.